The van der Waals surface area contributed by atoms with Crippen molar-refractivity contribution in [1.29, 1.82) is 0 Å². The van der Waals surface area contributed by atoms with Gasteiger partial charge in [-0.2, -0.15) is 0 Å². The van der Waals surface area contributed by atoms with Crippen LogP contribution in [0.3, 0.4) is 0 Å². The second-order valence-corrected chi connectivity index (χ2v) is 5.62. The van der Waals surface area contributed by atoms with E-state index in [1.165, 1.54) is 48.6 Å². The zero-order valence-electron chi connectivity index (χ0n) is 11.0. The predicted octanol–water partition coefficient (Wildman–Crippen LogP) is 5.06. The zero-order chi connectivity index (χ0) is 12.4. The van der Waals surface area contributed by atoms with Crippen LogP contribution in [0.2, 0.25) is 0 Å². The largest absolute Gasteiger partial charge is 0.361 e. The molecule has 18 heavy (non-hydrogen) atoms. The third kappa shape index (κ3) is 2.19. The number of nitrogens with one attached hydrogen (secondary N) is 1. The van der Waals surface area contributed by atoms with Gasteiger partial charge in [0.2, 0.25) is 0 Å². The topological polar surface area (TPSA) is 15.8 Å². The minimum absolute atomic E-state index is 0.657. The molecule has 1 heteroatoms. The van der Waals surface area contributed by atoms with E-state index in [0.29, 0.717) is 5.92 Å². The molecule has 1 aliphatic carbocycles. The van der Waals surface area contributed by atoms with Crippen molar-refractivity contribution in [2.45, 2.75) is 44.4 Å². The molecular weight excluding hydrogens is 218 g/mol. The van der Waals surface area contributed by atoms with Crippen LogP contribution in [-0.4, -0.2) is 4.98 Å². The Hall–Kier alpha value is -1.24. The summed E-state index contributed by atoms with van der Waals surface area (Å²) in [7, 11) is 0. The van der Waals surface area contributed by atoms with Gasteiger partial charge < -0.3 is 4.98 Å². The molecule has 1 radical (unpaired) electrons. The van der Waals surface area contributed by atoms with Crippen LogP contribution < -0.4 is 0 Å². The average Bonchev–Trinajstić information content (AvgIpc) is 2.88. The van der Waals surface area contributed by atoms with Crippen molar-refractivity contribution < 1.29 is 0 Å². The molecule has 0 spiro atoms. The van der Waals surface area contributed by atoms with Gasteiger partial charge in [0.25, 0.3) is 0 Å². The van der Waals surface area contributed by atoms with Crippen molar-refractivity contribution in [3.63, 3.8) is 0 Å². The number of hydrogen-bond acceptors (Lipinski definition) is 0. The van der Waals surface area contributed by atoms with Gasteiger partial charge in [-0.15, -0.1) is 0 Å². The molecule has 1 saturated carbocycles. The molecule has 1 atom stereocenters. The van der Waals surface area contributed by atoms with Crippen molar-refractivity contribution in [2.24, 2.45) is 5.92 Å². The molecule has 1 nitrogen and oxygen atoms in total. The van der Waals surface area contributed by atoms with E-state index < -0.39 is 0 Å². The van der Waals surface area contributed by atoms with Crippen molar-refractivity contribution in [3.8, 4) is 0 Å². The second kappa shape index (κ2) is 5.17. The summed E-state index contributed by atoms with van der Waals surface area (Å²) >= 11 is 0. The molecule has 2 aromatic rings. The number of aromatic amines is 1. The van der Waals surface area contributed by atoms with Crippen LogP contribution in [-0.2, 0) is 0 Å². The molecule has 1 N–H and O–H groups in total. The quantitative estimate of drug-likeness (QED) is 0.772. The smallest absolute Gasteiger partial charge is 0.0454 e. The highest BCUT2D eigenvalue weighted by molar-refractivity contribution is 5.80. The minimum Gasteiger partial charge on any atom is -0.361 e. The van der Waals surface area contributed by atoms with Gasteiger partial charge in [-0.1, -0.05) is 32.3 Å². The highest BCUT2D eigenvalue weighted by atomic mass is 14.7. The molecule has 3 rings (SSSR count). The predicted molar refractivity (Wildman–Crippen MR) is 77.6 cm³/mol. The van der Waals surface area contributed by atoms with Gasteiger partial charge in [0, 0.05) is 11.7 Å². The summed E-state index contributed by atoms with van der Waals surface area (Å²) in [4.78, 5) is 3.27. The molecule has 1 aliphatic rings. The first-order chi connectivity index (χ1) is 8.88. The first-order valence-corrected chi connectivity index (χ1v) is 7.25. The maximum atomic E-state index is 4.20. The number of aromatic nitrogens is 1. The number of fused-ring (bicyclic) bond motifs is 1. The summed E-state index contributed by atoms with van der Waals surface area (Å²) in [6.45, 7) is 4.20. The Morgan fingerprint density at radius 2 is 2.00 bits per heavy atom. The van der Waals surface area contributed by atoms with E-state index in [9.17, 15) is 0 Å². The third-order valence-corrected chi connectivity index (χ3v) is 4.54. The Bertz CT molecular complexity index is 505. The Balaban J connectivity index is 1.89. The lowest BCUT2D eigenvalue weighted by Gasteiger charge is -2.30. The number of rotatable bonds is 3. The van der Waals surface area contributed by atoms with E-state index in [-0.39, 0.29) is 0 Å². The molecule has 1 fully saturated rings. The molecule has 1 heterocycles. The van der Waals surface area contributed by atoms with Crippen LogP contribution in [0, 0.1) is 12.8 Å². The van der Waals surface area contributed by atoms with Crippen molar-refractivity contribution in [1.82, 2.24) is 4.98 Å². The molecule has 95 valence electrons. The van der Waals surface area contributed by atoms with Crippen molar-refractivity contribution >= 4 is 10.9 Å². The highest BCUT2D eigenvalue weighted by Crippen LogP contribution is 2.38. The second-order valence-electron chi connectivity index (χ2n) is 5.62. The summed E-state index contributed by atoms with van der Waals surface area (Å²) in [5, 5.41) is 1.33. The number of H-pyrrole nitrogens is 1. The Morgan fingerprint density at radius 3 is 2.78 bits per heavy atom. The molecule has 0 bridgehead atoms. The first-order valence-electron chi connectivity index (χ1n) is 7.25. The van der Waals surface area contributed by atoms with Crippen LogP contribution in [0.4, 0.5) is 0 Å². The van der Waals surface area contributed by atoms with E-state index in [0.717, 1.165) is 12.3 Å². The van der Waals surface area contributed by atoms with E-state index in [1.54, 1.807) is 0 Å². The van der Waals surface area contributed by atoms with Gasteiger partial charge in [0.05, 0.1) is 0 Å². The van der Waals surface area contributed by atoms with Crippen molar-refractivity contribution in [2.75, 3.05) is 0 Å². The average molecular weight is 240 g/mol. The number of benzene rings is 1. The van der Waals surface area contributed by atoms with Gasteiger partial charge in [0.1, 0.15) is 0 Å². The van der Waals surface area contributed by atoms with Crippen LogP contribution in [0.15, 0.2) is 30.5 Å². The Morgan fingerprint density at radius 1 is 1.17 bits per heavy atom. The third-order valence-electron chi connectivity index (χ3n) is 4.54. The van der Waals surface area contributed by atoms with E-state index >= 15 is 0 Å². The minimum atomic E-state index is 0.657. The van der Waals surface area contributed by atoms with Crippen molar-refractivity contribution in [3.05, 3.63) is 42.9 Å². The summed E-state index contributed by atoms with van der Waals surface area (Å²) in [6.07, 6.45) is 10.1. The van der Waals surface area contributed by atoms with Gasteiger partial charge >= 0.3 is 0 Å². The monoisotopic (exact) mass is 240 g/mol. The van der Waals surface area contributed by atoms with Gasteiger partial charge in [-0.25, -0.2) is 0 Å². The fourth-order valence-corrected chi connectivity index (χ4v) is 3.51. The lowest BCUT2D eigenvalue weighted by atomic mass is 9.75. The molecule has 0 aliphatic heterocycles. The maximum absolute atomic E-state index is 4.20. The fraction of sp³-hybridized carbons (Fsp3) is 0.471. The molecule has 1 aromatic carbocycles. The molecule has 1 unspecified atom stereocenters. The maximum Gasteiger partial charge on any atom is 0.0454 e. The number of hydrogen-bond donors (Lipinski definition) is 1. The normalized spacial score (nSPS) is 19.2. The van der Waals surface area contributed by atoms with E-state index in [2.05, 4.69) is 36.2 Å². The standard InChI is InChI=1S/C17H22N/c1-2-16(13-6-4-3-5-7-13)14-8-9-17-15(12-14)10-11-18-17/h8-13,16,18H,1-7H2. The highest BCUT2D eigenvalue weighted by Gasteiger charge is 2.23. The molecule has 0 saturated heterocycles. The van der Waals surface area contributed by atoms with Crippen LogP contribution in [0.1, 0.15) is 50.0 Å². The Kier molecular flexibility index (Phi) is 3.40. The summed E-state index contributed by atoms with van der Waals surface area (Å²) < 4.78 is 0. The van der Waals surface area contributed by atoms with Crippen LogP contribution in [0.5, 0.6) is 0 Å². The van der Waals surface area contributed by atoms with Crippen LogP contribution >= 0.6 is 0 Å². The zero-order valence-corrected chi connectivity index (χ0v) is 11.0. The molecule has 1 aromatic heterocycles. The lowest BCUT2D eigenvalue weighted by molar-refractivity contribution is 0.304. The molecular formula is C17H22N. The SMILES string of the molecule is [CH2]CC(c1ccc2[nH]ccc2c1)C1CCCCC1. The van der Waals surface area contributed by atoms with Gasteiger partial charge in [-0.3, -0.25) is 0 Å². The summed E-state index contributed by atoms with van der Waals surface area (Å²) in [6, 6.07) is 9.04. The Labute approximate surface area is 110 Å². The van der Waals surface area contributed by atoms with Crippen LogP contribution in [0.25, 0.3) is 10.9 Å². The van der Waals surface area contributed by atoms with Gasteiger partial charge in [0.15, 0.2) is 0 Å². The first kappa shape index (κ1) is 11.8. The summed E-state index contributed by atoms with van der Waals surface area (Å²) in [5.74, 6) is 1.51. The fourth-order valence-electron chi connectivity index (χ4n) is 3.51. The van der Waals surface area contributed by atoms with E-state index in [4.69, 9.17) is 0 Å². The van der Waals surface area contributed by atoms with Gasteiger partial charge in [-0.05, 0) is 60.2 Å². The molecule has 0 amide bonds. The van der Waals surface area contributed by atoms with E-state index in [1.807, 2.05) is 6.20 Å². The summed E-state index contributed by atoms with van der Waals surface area (Å²) in [5.41, 5.74) is 2.73. The lowest BCUT2D eigenvalue weighted by Crippen LogP contribution is -2.15.